The summed E-state index contributed by atoms with van der Waals surface area (Å²) in [4.78, 5) is 17.3. The first-order chi connectivity index (χ1) is 13.5. The van der Waals surface area contributed by atoms with Crippen molar-refractivity contribution in [3.8, 4) is 0 Å². The van der Waals surface area contributed by atoms with E-state index in [-0.39, 0.29) is 0 Å². The van der Waals surface area contributed by atoms with Crippen molar-refractivity contribution in [2.75, 3.05) is 0 Å². The van der Waals surface area contributed by atoms with Gasteiger partial charge in [-0.2, -0.15) is 20.0 Å². The van der Waals surface area contributed by atoms with Gasteiger partial charge in [0.05, 0.1) is 22.7 Å². The molecule has 0 aromatic heterocycles. The van der Waals surface area contributed by atoms with E-state index in [2.05, 4.69) is 32.0 Å². The number of aliphatic imine (C=N–C) groups is 4. The van der Waals surface area contributed by atoms with E-state index in [1.165, 1.54) is 0 Å². The molecule has 0 bridgehead atoms. The molecule has 3 rings (SSSR count). The molecule has 138 valence electrons. The molecule has 0 saturated heterocycles. The Kier molecular flexibility index (Phi) is 6.08. The Morgan fingerprint density at radius 3 is 1.11 bits per heavy atom. The topological polar surface area (TPSA) is 49.4 Å². The highest BCUT2D eigenvalue weighted by molar-refractivity contribution is 5.65. The van der Waals surface area contributed by atoms with Crippen LogP contribution < -0.4 is 0 Å². The Morgan fingerprint density at radius 1 is 0.464 bits per heavy atom. The Balaban J connectivity index is 1.75. The largest absolute Gasteiger partial charge is 0.188 e. The highest BCUT2D eigenvalue weighted by atomic mass is 14.8. The number of hydrogen-bond donors (Lipinski definition) is 0. The van der Waals surface area contributed by atoms with Gasteiger partial charge in [-0.15, -0.1) is 0 Å². The fourth-order valence-corrected chi connectivity index (χ4v) is 2.83. The van der Waals surface area contributed by atoms with Crippen LogP contribution in [0.4, 0.5) is 22.7 Å². The zero-order valence-corrected chi connectivity index (χ0v) is 16.6. The van der Waals surface area contributed by atoms with Crippen LogP contribution in [0.1, 0.15) is 22.3 Å². The highest BCUT2D eigenvalue weighted by Gasteiger charge is 1.99. The van der Waals surface area contributed by atoms with E-state index in [0.29, 0.717) is 0 Å². The van der Waals surface area contributed by atoms with E-state index in [1.807, 2.05) is 88.4 Å². The summed E-state index contributed by atoms with van der Waals surface area (Å²) in [5, 5.41) is 0. The molecule has 0 radical (unpaired) electrons. The van der Waals surface area contributed by atoms with Crippen LogP contribution in [0.5, 0.6) is 0 Å². The van der Waals surface area contributed by atoms with E-state index < -0.39 is 0 Å². The molecule has 0 aliphatic carbocycles. The summed E-state index contributed by atoms with van der Waals surface area (Å²) in [6.45, 7) is 8.11. The Hall–Kier alpha value is -3.58. The van der Waals surface area contributed by atoms with Gasteiger partial charge < -0.3 is 0 Å². The first-order valence-corrected chi connectivity index (χ1v) is 9.10. The van der Waals surface area contributed by atoms with Crippen LogP contribution >= 0.6 is 0 Å². The minimum Gasteiger partial charge on any atom is -0.188 e. The second kappa shape index (κ2) is 8.88. The number of para-hydroxylation sites is 2. The molecule has 0 saturated carbocycles. The van der Waals surface area contributed by atoms with Crippen molar-refractivity contribution in [1.82, 2.24) is 0 Å². The first kappa shape index (κ1) is 19.2. The fourth-order valence-electron chi connectivity index (χ4n) is 2.83. The fraction of sp³-hybridized carbons (Fsp3) is 0.167. The third-order valence-electron chi connectivity index (χ3n) is 4.41. The van der Waals surface area contributed by atoms with Crippen LogP contribution in [0.3, 0.4) is 0 Å². The van der Waals surface area contributed by atoms with Gasteiger partial charge in [-0.05, 0) is 74.2 Å². The molecule has 0 aliphatic heterocycles. The molecule has 0 N–H and O–H groups in total. The lowest BCUT2D eigenvalue weighted by molar-refractivity contribution is 1.33. The molecular formula is C24H22N4. The van der Waals surface area contributed by atoms with E-state index in [4.69, 9.17) is 0 Å². The Labute approximate surface area is 165 Å². The van der Waals surface area contributed by atoms with Gasteiger partial charge in [-0.3, -0.25) is 0 Å². The quantitative estimate of drug-likeness (QED) is 0.439. The average molecular weight is 366 g/mol. The maximum atomic E-state index is 4.36. The van der Waals surface area contributed by atoms with E-state index >= 15 is 0 Å². The number of hydrogen-bond acceptors (Lipinski definition) is 4. The van der Waals surface area contributed by atoms with E-state index in [1.54, 1.807) is 0 Å². The lowest BCUT2D eigenvalue weighted by Crippen LogP contribution is -1.78. The van der Waals surface area contributed by atoms with Crippen LogP contribution in [0.2, 0.25) is 0 Å². The standard InChI is InChI=1S/C24H22N4/c1-17-7-5-8-18(2)23(17)27-15-25-21-11-13-22(14-12-21)26-16-28-24-19(3)9-6-10-20(24)4/h5-14H,1-4H3. The summed E-state index contributed by atoms with van der Waals surface area (Å²) in [5.41, 5.74) is 7.78. The maximum Gasteiger partial charge on any atom is 0.100 e. The number of nitrogens with zero attached hydrogens (tertiary/aromatic N) is 4. The van der Waals surface area contributed by atoms with E-state index in [0.717, 1.165) is 45.0 Å². The minimum absolute atomic E-state index is 0.764. The van der Waals surface area contributed by atoms with Gasteiger partial charge >= 0.3 is 0 Å². The van der Waals surface area contributed by atoms with Crippen molar-refractivity contribution in [3.63, 3.8) is 0 Å². The smallest absolute Gasteiger partial charge is 0.100 e. The van der Waals surface area contributed by atoms with Gasteiger partial charge in [0, 0.05) is 0 Å². The van der Waals surface area contributed by atoms with Crippen LogP contribution in [-0.2, 0) is 0 Å². The van der Waals surface area contributed by atoms with Gasteiger partial charge in [0.2, 0.25) is 0 Å². The van der Waals surface area contributed by atoms with Crippen LogP contribution in [0, 0.1) is 27.7 Å². The zero-order valence-electron chi connectivity index (χ0n) is 16.6. The summed E-state index contributed by atoms with van der Waals surface area (Å²) in [7, 11) is 0. The van der Waals surface area contributed by atoms with Gasteiger partial charge in [0.1, 0.15) is 12.0 Å². The van der Waals surface area contributed by atoms with Crippen molar-refractivity contribution in [2.45, 2.75) is 27.7 Å². The summed E-state index contributed by atoms with van der Waals surface area (Å²) in [6.07, 6.45) is 0. The molecular weight excluding hydrogens is 344 g/mol. The number of benzene rings is 3. The number of aryl methyl sites for hydroxylation is 4. The predicted octanol–water partition coefficient (Wildman–Crippen LogP) is 7.19. The average Bonchev–Trinajstić information content (AvgIpc) is 2.67. The zero-order chi connectivity index (χ0) is 19.9. The minimum atomic E-state index is 0.764. The Bertz CT molecular complexity index is 981. The summed E-state index contributed by atoms with van der Waals surface area (Å²) < 4.78 is 0. The Morgan fingerprint density at radius 2 is 0.786 bits per heavy atom. The van der Waals surface area contributed by atoms with E-state index in [9.17, 15) is 0 Å². The lowest BCUT2D eigenvalue weighted by atomic mass is 10.1. The number of rotatable bonds is 4. The third-order valence-corrected chi connectivity index (χ3v) is 4.41. The normalized spacial score (nSPS) is 9.86. The second-order valence-corrected chi connectivity index (χ2v) is 6.64. The van der Waals surface area contributed by atoms with Crippen molar-refractivity contribution < 1.29 is 0 Å². The molecule has 0 amide bonds. The molecule has 4 nitrogen and oxygen atoms in total. The highest BCUT2D eigenvalue weighted by Crippen LogP contribution is 2.24. The molecule has 0 unspecified atom stereocenters. The molecule has 0 fully saturated rings. The van der Waals surface area contributed by atoms with Gasteiger partial charge in [-0.25, -0.2) is 0 Å². The maximum absolute atomic E-state index is 4.36. The molecule has 3 aromatic rings. The second-order valence-electron chi connectivity index (χ2n) is 6.64. The van der Waals surface area contributed by atoms with Crippen molar-refractivity contribution in [3.05, 3.63) is 82.9 Å². The summed E-state index contributed by atoms with van der Waals surface area (Å²) in [5.74, 6) is 0. The predicted molar refractivity (Wildman–Crippen MR) is 117 cm³/mol. The molecule has 0 spiro atoms. The molecule has 0 aliphatic rings. The van der Waals surface area contributed by atoms with Gasteiger partial charge in [-0.1, -0.05) is 36.4 Å². The van der Waals surface area contributed by atoms with Crippen molar-refractivity contribution in [1.29, 1.82) is 0 Å². The first-order valence-electron chi connectivity index (χ1n) is 9.10. The van der Waals surface area contributed by atoms with Crippen LogP contribution in [-0.4, -0.2) is 12.0 Å². The van der Waals surface area contributed by atoms with Crippen molar-refractivity contribution in [2.24, 2.45) is 20.0 Å². The lowest BCUT2D eigenvalue weighted by Gasteiger charge is -2.01. The van der Waals surface area contributed by atoms with Gasteiger partial charge in [0.15, 0.2) is 0 Å². The summed E-state index contributed by atoms with van der Waals surface area (Å²) in [6, 6.07) is 25.2. The SMILES string of the molecule is Cc1cccc(C)c1N=C=Nc1ccc(N=C=Nc2c(C)cccc2C)cc1. The van der Waals surface area contributed by atoms with Crippen molar-refractivity contribution >= 4 is 34.8 Å². The monoisotopic (exact) mass is 366 g/mol. The molecule has 0 atom stereocenters. The molecule has 0 heterocycles. The third kappa shape index (κ3) is 4.77. The summed E-state index contributed by atoms with van der Waals surface area (Å²) >= 11 is 0. The van der Waals surface area contributed by atoms with Crippen LogP contribution in [0.15, 0.2) is 80.6 Å². The molecule has 3 aromatic carbocycles. The van der Waals surface area contributed by atoms with Crippen LogP contribution in [0.25, 0.3) is 0 Å². The molecule has 28 heavy (non-hydrogen) atoms. The van der Waals surface area contributed by atoms with Gasteiger partial charge in [0.25, 0.3) is 0 Å². The molecule has 4 heteroatoms.